The first-order valence-corrected chi connectivity index (χ1v) is 4.50. The van der Waals surface area contributed by atoms with Gasteiger partial charge in [-0.15, -0.1) is 0 Å². The number of aliphatic carboxylic acids is 1. The van der Waals surface area contributed by atoms with E-state index in [-0.39, 0.29) is 6.42 Å². The van der Waals surface area contributed by atoms with Crippen LogP contribution in [-0.2, 0) is 16.0 Å². The maximum Gasteiger partial charge on any atom is 0.372 e. The van der Waals surface area contributed by atoms with Crippen molar-refractivity contribution in [3.05, 3.63) is 34.1 Å². The molecule has 0 radical (unpaired) electrons. The Morgan fingerprint density at radius 1 is 1.43 bits per heavy atom. The molecule has 1 N–H and O–H groups in total. The molecule has 0 saturated heterocycles. The van der Waals surface area contributed by atoms with Gasteiger partial charge in [0.1, 0.15) is 5.82 Å². The maximum absolute atomic E-state index is 12.7. The van der Waals surface area contributed by atoms with Gasteiger partial charge in [0.2, 0.25) is 5.78 Å². The van der Waals surface area contributed by atoms with Crippen molar-refractivity contribution in [3.8, 4) is 0 Å². The summed E-state index contributed by atoms with van der Waals surface area (Å²) < 4.78 is 13.2. The largest absolute Gasteiger partial charge is 0.475 e. The Balaban J connectivity index is 2.91. The van der Waals surface area contributed by atoms with Crippen molar-refractivity contribution in [1.29, 1.82) is 0 Å². The van der Waals surface area contributed by atoms with Crippen LogP contribution in [-0.4, -0.2) is 16.9 Å². The van der Waals surface area contributed by atoms with Crippen molar-refractivity contribution in [2.24, 2.45) is 0 Å². The zero-order chi connectivity index (χ0) is 10.7. The number of ketones is 1. The molecule has 1 rings (SSSR count). The van der Waals surface area contributed by atoms with E-state index in [2.05, 4.69) is 15.9 Å². The molecule has 0 atom stereocenters. The number of hydrogen-bond acceptors (Lipinski definition) is 2. The number of halogens is 2. The van der Waals surface area contributed by atoms with Gasteiger partial charge in [0.25, 0.3) is 0 Å². The van der Waals surface area contributed by atoms with Crippen molar-refractivity contribution in [2.45, 2.75) is 6.42 Å². The van der Waals surface area contributed by atoms with Gasteiger partial charge in [-0.1, -0.05) is 15.9 Å². The summed E-state index contributed by atoms with van der Waals surface area (Å²) in [5, 5.41) is 8.34. The topological polar surface area (TPSA) is 54.4 Å². The van der Waals surface area contributed by atoms with Crippen LogP contribution in [0.25, 0.3) is 0 Å². The number of hydrogen-bond donors (Lipinski definition) is 1. The van der Waals surface area contributed by atoms with Gasteiger partial charge in [0, 0.05) is 10.9 Å². The van der Waals surface area contributed by atoms with Crippen LogP contribution in [0.2, 0.25) is 0 Å². The van der Waals surface area contributed by atoms with Gasteiger partial charge in [-0.3, -0.25) is 4.79 Å². The van der Waals surface area contributed by atoms with Crippen molar-refractivity contribution in [3.63, 3.8) is 0 Å². The van der Waals surface area contributed by atoms with E-state index in [0.717, 1.165) is 6.07 Å². The molecule has 74 valence electrons. The van der Waals surface area contributed by atoms with E-state index in [1.807, 2.05) is 0 Å². The Morgan fingerprint density at radius 2 is 2.07 bits per heavy atom. The second-order valence-electron chi connectivity index (χ2n) is 2.64. The number of carboxylic acids is 1. The highest BCUT2D eigenvalue weighted by molar-refractivity contribution is 9.10. The third-order valence-corrected chi connectivity index (χ3v) is 2.37. The first kappa shape index (κ1) is 10.8. The van der Waals surface area contributed by atoms with E-state index < -0.39 is 17.6 Å². The zero-order valence-corrected chi connectivity index (χ0v) is 8.54. The van der Waals surface area contributed by atoms with Gasteiger partial charge in [0.15, 0.2) is 0 Å². The Morgan fingerprint density at radius 3 is 2.64 bits per heavy atom. The van der Waals surface area contributed by atoms with Crippen LogP contribution in [0.1, 0.15) is 5.56 Å². The van der Waals surface area contributed by atoms with Crippen molar-refractivity contribution in [1.82, 2.24) is 0 Å². The van der Waals surface area contributed by atoms with Gasteiger partial charge < -0.3 is 5.11 Å². The molecule has 14 heavy (non-hydrogen) atoms. The lowest BCUT2D eigenvalue weighted by molar-refractivity contribution is -0.148. The average molecular weight is 261 g/mol. The summed E-state index contributed by atoms with van der Waals surface area (Å²) >= 11 is 3.10. The molecule has 3 nitrogen and oxygen atoms in total. The summed E-state index contributed by atoms with van der Waals surface area (Å²) in [4.78, 5) is 21.1. The highest BCUT2D eigenvalue weighted by atomic mass is 79.9. The van der Waals surface area contributed by atoms with Crippen LogP contribution >= 0.6 is 15.9 Å². The van der Waals surface area contributed by atoms with Crippen LogP contribution in [0.3, 0.4) is 0 Å². The Labute approximate surface area is 87.7 Å². The van der Waals surface area contributed by atoms with E-state index >= 15 is 0 Å². The number of carbonyl (C=O) groups excluding carboxylic acids is 1. The fraction of sp³-hybridized carbons (Fsp3) is 0.111. The molecule has 0 aliphatic rings. The highest BCUT2D eigenvalue weighted by Crippen LogP contribution is 2.18. The molecule has 1 aromatic carbocycles. The third-order valence-electron chi connectivity index (χ3n) is 1.60. The maximum atomic E-state index is 12.7. The molecule has 0 fully saturated rings. The molecular weight excluding hydrogens is 255 g/mol. The highest BCUT2D eigenvalue weighted by Gasteiger charge is 2.14. The molecular formula is C9H6BrFO3. The SMILES string of the molecule is O=C(O)C(=O)Cc1cc(F)ccc1Br. The average Bonchev–Trinajstić information content (AvgIpc) is 2.11. The van der Waals surface area contributed by atoms with E-state index in [0.29, 0.717) is 10.0 Å². The molecule has 0 unspecified atom stereocenters. The summed E-state index contributed by atoms with van der Waals surface area (Å²) in [6, 6.07) is 3.78. The second kappa shape index (κ2) is 4.32. The van der Waals surface area contributed by atoms with Gasteiger partial charge in [-0.05, 0) is 23.8 Å². The van der Waals surface area contributed by atoms with Crippen molar-refractivity contribution in [2.75, 3.05) is 0 Å². The quantitative estimate of drug-likeness (QED) is 0.844. The number of benzene rings is 1. The molecule has 0 aliphatic carbocycles. The van der Waals surface area contributed by atoms with Gasteiger partial charge in [-0.25, -0.2) is 9.18 Å². The molecule has 0 amide bonds. The predicted octanol–water partition coefficient (Wildman–Crippen LogP) is 1.78. The molecule has 0 spiro atoms. The Hall–Kier alpha value is -1.23. The predicted molar refractivity (Wildman–Crippen MR) is 50.4 cm³/mol. The Bertz CT molecular complexity index is 390. The summed E-state index contributed by atoms with van der Waals surface area (Å²) in [6.45, 7) is 0. The lowest BCUT2D eigenvalue weighted by Crippen LogP contribution is -2.15. The summed E-state index contributed by atoms with van der Waals surface area (Å²) in [7, 11) is 0. The third kappa shape index (κ3) is 2.63. The van der Waals surface area contributed by atoms with Crippen molar-refractivity contribution >= 4 is 27.7 Å². The molecule has 0 aliphatic heterocycles. The van der Waals surface area contributed by atoms with E-state index in [1.165, 1.54) is 12.1 Å². The minimum atomic E-state index is -1.51. The smallest absolute Gasteiger partial charge is 0.372 e. The summed E-state index contributed by atoms with van der Waals surface area (Å²) in [5.41, 5.74) is 0.331. The number of Topliss-reactive ketones (excluding diaryl/α,β-unsaturated/α-hetero) is 1. The lowest BCUT2D eigenvalue weighted by atomic mass is 10.1. The van der Waals surface area contributed by atoms with E-state index in [4.69, 9.17) is 5.11 Å². The lowest BCUT2D eigenvalue weighted by Gasteiger charge is -2.01. The van der Waals surface area contributed by atoms with Crippen LogP contribution in [0.15, 0.2) is 22.7 Å². The van der Waals surface area contributed by atoms with Crippen LogP contribution in [0.5, 0.6) is 0 Å². The van der Waals surface area contributed by atoms with Crippen molar-refractivity contribution < 1.29 is 19.1 Å². The van der Waals surface area contributed by atoms with Crippen LogP contribution in [0.4, 0.5) is 4.39 Å². The molecule has 0 saturated carbocycles. The molecule has 0 aromatic heterocycles. The summed E-state index contributed by atoms with van der Waals surface area (Å²) in [5.74, 6) is -2.97. The Kier molecular flexibility index (Phi) is 3.35. The molecule has 1 aromatic rings. The normalized spacial score (nSPS) is 9.86. The van der Waals surface area contributed by atoms with Crippen LogP contribution < -0.4 is 0 Å². The van der Waals surface area contributed by atoms with Crippen LogP contribution in [0, 0.1) is 5.82 Å². The molecule has 5 heteroatoms. The fourth-order valence-electron chi connectivity index (χ4n) is 0.927. The minimum Gasteiger partial charge on any atom is -0.475 e. The molecule has 0 heterocycles. The fourth-order valence-corrected chi connectivity index (χ4v) is 1.31. The van der Waals surface area contributed by atoms with Gasteiger partial charge >= 0.3 is 5.97 Å². The first-order chi connectivity index (χ1) is 6.50. The standard InChI is InChI=1S/C9H6BrFO3/c10-7-2-1-6(11)3-5(7)4-8(12)9(13)14/h1-3H,4H2,(H,13,14). The van der Waals surface area contributed by atoms with Gasteiger partial charge in [0.05, 0.1) is 0 Å². The monoisotopic (exact) mass is 260 g/mol. The van der Waals surface area contributed by atoms with E-state index in [9.17, 15) is 14.0 Å². The molecule has 0 bridgehead atoms. The number of rotatable bonds is 3. The minimum absolute atomic E-state index is 0.312. The second-order valence-corrected chi connectivity index (χ2v) is 3.50. The number of carbonyl (C=O) groups is 2. The van der Waals surface area contributed by atoms with Gasteiger partial charge in [-0.2, -0.15) is 0 Å². The summed E-state index contributed by atoms with van der Waals surface area (Å²) in [6.07, 6.45) is -0.312. The number of carboxylic acid groups (broad SMARTS) is 1. The first-order valence-electron chi connectivity index (χ1n) is 3.70. The van der Waals surface area contributed by atoms with E-state index in [1.54, 1.807) is 0 Å². The zero-order valence-electron chi connectivity index (χ0n) is 6.96.